The van der Waals surface area contributed by atoms with Crippen LogP contribution in [0.1, 0.15) is 23.7 Å². The number of carbonyl (C=O) groups excluding carboxylic acids is 2. The standard InChI is InChI=1S/C28H24N4O4S/c1-3-24(26(33)32-28-31-23(16-37-28)18-10-7-11-20(14-18)35-2)36-27(34)19-12-13-21-22(15-19)30-25(29-21)17-8-5-4-6-9-17/h4-16,24H,3H2,1-2H3,(H,29,30)(H,31,32,33). The van der Waals surface area contributed by atoms with Crippen LogP contribution >= 0.6 is 11.3 Å². The van der Waals surface area contributed by atoms with Crippen LogP contribution in [-0.2, 0) is 9.53 Å². The van der Waals surface area contributed by atoms with Gasteiger partial charge in [0.15, 0.2) is 11.2 Å². The van der Waals surface area contributed by atoms with E-state index < -0.39 is 18.0 Å². The van der Waals surface area contributed by atoms with E-state index in [2.05, 4.69) is 20.3 Å². The second kappa shape index (κ2) is 10.6. The summed E-state index contributed by atoms with van der Waals surface area (Å²) in [6.07, 6.45) is -0.648. The molecule has 9 heteroatoms. The van der Waals surface area contributed by atoms with Crippen LogP contribution < -0.4 is 10.1 Å². The second-order valence-corrected chi connectivity index (χ2v) is 9.10. The van der Waals surface area contributed by atoms with Crippen LogP contribution in [0.3, 0.4) is 0 Å². The van der Waals surface area contributed by atoms with Crippen molar-refractivity contribution < 1.29 is 19.1 Å². The predicted octanol–water partition coefficient (Wildman–Crippen LogP) is 5.94. The Morgan fingerprint density at radius 1 is 1.00 bits per heavy atom. The van der Waals surface area contributed by atoms with Gasteiger partial charge in [0.2, 0.25) is 0 Å². The average Bonchev–Trinajstić information content (AvgIpc) is 3.59. The SMILES string of the molecule is CCC(OC(=O)c1ccc2nc(-c3ccccc3)[nH]c2c1)C(=O)Nc1nc(-c2cccc(OC)c2)cs1. The summed E-state index contributed by atoms with van der Waals surface area (Å²) in [7, 11) is 1.60. The molecule has 5 aromatic rings. The summed E-state index contributed by atoms with van der Waals surface area (Å²) in [6, 6.07) is 22.3. The van der Waals surface area contributed by atoms with Crippen LogP contribution in [0.25, 0.3) is 33.7 Å². The minimum atomic E-state index is -0.964. The molecule has 0 bridgehead atoms. The first-order chi connectivity index (χ1) is 18.0. The maximum Gasteiger partial charge on any atom is 0.338 e. The van der Waals surface area contributed by atoms with Gasteiger partial charge in [-0.3, -0.25) is 10.1 Å². The van der Waals surface area contributed by atoms with Crippen molar-refractivity contribution >= 4 is 39.4 Å². The van der Waals surface area contributed by atoms with Crippen molar-refractivity contribution in [1.82, 2.24) is 15.0 Å². The molecule has 0 saturated heterocycles. The number of fused-ring (bicyclic) bond motifs is 1. The number of ether oxygens (including phenoxy) is 2. The summed E-state index contributed by atoms with van der Waals surface area (Å²) in [5.74, 6) is 0.412. The Bertz CT molecular complexity index is 1560. The summed E-state index contributed by atoms with van der Waals surface area (Å²) >= 11 is 1.30. The lowest BCUT2D eigenvalue weighted by Gasteiger charge is -2.15. The maximum atomic E-state index is 12.9. The first-order valence-electron chi connectivity index (χ1n) is 11.7. The van der Waals surface area contributed by atoms with E-state index in [1.54, 1.807) is 32.2 Å². The largest absolute Gasteiger partial charge is 0.497 e. The molecule has 0 saturated carbocycles. The topological polar surface area (TPSA) is 106 Å². The van der Waals surface area contributed by atoms with Gasteiger partial charge < -0.3 is 14.5 Å². The fraction of sp³-hybridized carbons (Fsp3) is 0.143. The van der Waals surface area contributed by atoms with Gasteiger partial charge in [-0.25, -0.2) is 14.8 Å². The van der Waals surface area contributed by atoms with Crippen LogP contribution in [0.2, 0.25) is 0 Å². The molecule has 0 aliphatic carbocycles. The van der Waals surface area contributed by atoms with Gasteiger partial charge in [0.25, 0.3) is 5.91 Å². The van der Waals surface area contributed by atoms with Gasteiger partial charge >= 0.3 is 5.97 Å². The summed E-state index contributed by atoms with van der Waals surface area (Å²) in [4.78, 5) is 38.1. The predicted molar refractivity (Wildman–Crippen MR) is 144 cm³/mol. The zero-order chi connectivity index (χ0) is 25.8. The Hall–Kier alpha value is -4.50. The lowest BCUT2D eigenvalue weighted by Crippen LogP contribution is -2.32. The number of imidazole rings is 1. The van der Waals surface area contributed by atoms with E-state index in [9.17, 15) is 9.59 Å². The number of benzene rings is 3. The summed E-state index contributed by atoms with van der Waals surface area (Å²) < 4.78 is 10.8. The fourth-order valence-electron chi connectivity index (χ4n) is 3.82. The van der Waals surface area contributed by atoms with Crippen LogP contribution in [0.5, 0.6) is 5.75 Å². The van der Waals surface area contributed by atoms with Crippen molar-refractivity contribution in [2.24, 2.45) is 0 Å². The third kappa shape index (κ3) is 5.36. The smallest absolute Gasteiger partial charge is 0.338 e. The highest BCUT2D eigenvalue weighted by molar-refractivity contribution is 7.14. The average molecular weight is 513 g/mol. The first kappa shape index (κ1) is 24.2. The number of methoxy groups -OCH3 is 1. The molecule has 0 aliphatic heterocycles. The van der Waals surface area contributed by atoms with E-state index in [1.165, 1.54) is 11.3 Å². The van der Waals surface area contributed by atoms with Crippen molar-refractivity contribution in [2.45, 2.75) is 19.4 Å². The van der Waals surface area contributed by atoms with E-state index in [4.69, 9.17) is 9.47 Å². The highest BCUT2D eigenvalue weighted by Gasteiger charge is 2.23. The van der Waals surface area contributed by atoms with Crippen LogP contribution in [0, 0.1) is 0 Å². The van der Waals surface area contributed by atoms with Gasteiger partial charge in [0, 0.05) is 16.5 Å². The number of hydrogen-bond donors (Lipinski definition) is 2. The molecule has 1 amide bonds. The molecule has 3 aromatic carbocycles. The summed E-state index contributed by atoms with van der Waals surface area (Å²) in [5.41, 5.74) is 4.31. The zero-order valence-corrected chi connectivity index (χ0v) is 21.0. The number of aromatic amines is 1. The van der Waals surface area contributed by atoms with Crippen molar-refractivity contribution in [1.29, 1.82) is 0 Å². The number of carbonyl (C=O) groups is 2. The van der Waals surface area contributed by atoms with Crippen molar-refractivity contribution in [3.8, 4) is 28.4 Å². The van der Waals surface area contributed by atoms with E-state index in [0.717, 1.165) is 22.4 Å². The minimum absolute atomic E-state index is 0.316. The lowest BCUT2D eigenvalue weighted by molar-refractivity contribution is -0.124. The van der Waals surface area contributed by atoms with Crippen molar-refractivity contribution in [3.63, 3.8) is 0 Å². The van der Waals surface area contributed by atoms with Crippen molar-refractivity contribution in [2.75, 3.05) is 12.4 Å². The van der Waals surface area contributed by atoms with Gasteiger partial charge in [0.05, 0.1) is 29.4 Å². The number of nitrogens with one attached hydrogen (secondary N) is 2. The first-order valence-corrected chi connectivity index (χ1v) is 12.6. The molecule has 2 aromatic heterocycles. The Kier molecular flexibility index (Phi) is 6.96. The van der Waals surface area contributed by atoms with Crippen LogP contribution in [0.4, 0.5) is 5.13 Å². The fourth-order valence-corrected chi connectivity index (χ4v) is 4.54. The maximum absolute atomic E-state index is 12.9. The number of H-pyrrole nitrogens is 1. The molecule has 0 fully saturated rings. The van der Waals surface area contributed by atoms with Crippen molar-refractivity contribution in [3.05, 3.63) is 83.7 Å². The van der Waals surface area contributed by atoms with E-state index >= 15 is 0 Å². The highest BCUT2D eigenvalue weighted by atomic mass is 32.1. The van der Waals surface area contributed by atoms with Gasteiger partial charge in [0.1, 0.15) is 11.6 Å². The van der Waals surface area contributed by atoms with Gasteiger partial charge in [-0.15, -0.1) is 11.3 Å². The summed E-state index contributed by atoms with van der Waals surface area (Å²) in [5, 5.41) is 5.03. The Balaban J connectivity index is 1.26. The quantitative estimate of drug-likeness (QED) is 0.249. The highest BCUT2D eigenvalue weighted by Crippen LogP contribution is 2.28. The number of anilines is 1. The monoisotopic (exact) mass is 512 g/mol. The third-order valence-corrected chi connectivity index (χ3v) is 6.53. The van der Waals surface area contributed by atoms with Gasteiger partial charge in [-0.1, -0.05) is 49.4 Å². The normalized spacial score (nSPS) is 11.7. The number of thiazole rings is 1. The molecule has 37 heavy (non-hydrogen) atoms. The van der Waals surface area contributed by atoms with E-state index in [0.29, 0.717) is 34.2 Å². The molecule has 0 spiro atoms. The minimum Gasteiger partial charge on any atom is -0.497 e. The number of esters is 1. The molecular weight excluding hydrogens is 488 g/mol. The Morgan fingerprint density at radius 3 is 2.59 bits per heavy atom. The molecule has 186 valence electrons. The molecule has 1 atom stereocenters. The van der Waals surface area contributed by atoms with E-state index in [-0.39, 0.29) is 0 Å². The molecule has 0 aliphatic rings. The Morgan fingerprint density at radius 2 is 1.81 bits per heavy atom. The number of rotatable bonds is 8. The molecule has 0 radical (unpaired) electrons. The molecule has 1 unspecified atom stereocenters. The lowest BCUT2D eigenvalue weighted by atomic mass is 10.2. The van der Waals surface area contributed by atoms with Crippen LogP contribution in [0.15, 0.2) is 78.2 Å². The van der Waals surface area contributed by atoms with Crippen LogP contribution in [-0.4, -0.2) is 40.0 Å². The number of nitrogens with zero attached hydrogens (tertiary/aromatic N) is 2. The molecule has 5 rings (SSSR count). The van der Waals surface area contributed by atoms with Gasteiger partial charge in [-0.2, -0.15) is 0 Å². The molecular formula is C28H24N4O4S. The molecule has 2 heterocycles. The second-order valence-electron chi connectivity index (χ2n) is 8.24. The summed E-state index contributed by atoms with van der Waals surface area (Å²) in [6.45, 7) is 1.78. The third-order valence-electron chi connectivity index (χ3n) is 5.78. The van der Waals surface area contributed by atoms with Gasteiger partial charge in [-0.05, 0) is 36.8 Å². The van der Waals surface area contributed by atoms with E-state index in [1.807, 2.05) is 60.0 Å². The molecule has 8 nitrogen and oxygen atoms in total. The number of amides is 1. The number of hydrogen-bond acceptors (Lipinski definition) is 7. The number of aromatic nitrogens is 3. The molecule has 2 N–H and O–H groups in total. The Labute approximate surface area is 217 Å². The zero-order valence-electron chi connectivity index (χ0n) is 20.2.